The van der Waals surface area contributed by atoms with Crippen molar-refractivity contribution in [2.75, 3.05) is 5.32 Å². The summed E-state index contributed by atoms with van der Waals surface area (Å²) in [6.07, 6.45) is 1.64. The molecular weight excluding hydrogens is 246 g/mol. The quantitative estimate of drug-likeness (QED) is 0.910. The van der Waals surface area contributed by atoms with Gasteiger partial charge < -0.3 is 5.32 Å². The molecule has 0 aliphatic rings. The highest BCUT2D eigenvalue weighted by Gasteiger charge is 2.08. The molecule has 0 amide bonds. The molecule has 2 aromatic rings. The molecule has 0 radical (unpaired) electrons. The highest BCUT2D eigenvalue weighted by atomic mass is 35.5. The molecule has 0 saturated carbocycles. The number of rotatable bonds is 3. The van der Waals surface area contributed by atoms with E-state index < -0.39 is 0 Å². The molecule has 18 heavy (non-hydrogen) atoms. The molecule has 0 aliphatic carbocycles. The Balaban J connectivity index is 2.14. The number of pyridine rings is 1. The summed E-state index contributed by atoms with van der Waals surface area (Å²) in [5.74, 6) is 0. The number of halogens is 1. The third-order valence-electron chi connectivity index (χ3n) is 2.63. The van der Waals surface area contributed by atoms with E-state index in [0.717, 1.165) is 16.3 Å². The molecule has 1 unspecified atom stereocenters. The van der Waals surface area contributed by atoms with Crippen molar-refractivity contribution >= 4 is 17.3 Å². The summed E-state index contributed by atoms with van der Waals surface area (Å²) >= 11 is 6.13. The van der Waals surface area contributed by atoms with Crippen molar-refractivity contribution < 1.29 is 0 Å². The van der Waals surface area contributed by atoms with Crippen LogP contribution in [0, 0.1) is 11.3 Å². The summed E-state index contributed by atoms with van der Waals surface area (Å²) in [7, 11) is 0. The van der Waals surface area contributed by atoms with E-state index in [9.17, 15) is 0 Å². The number of nitrogens with zero attached hydrogens (tertiary/aromatic N) is 2. The van der Waals surface area contributed by atoms with Crippen LogP contribution in [0.5, 0.6) is 0 Å². The number of anilines is 1. The van der Waals surface area contributed by atoms with E-state index in [4.69, 9.17) is 16.9 Å². The van der Waals surface area contributed by atoms with Crippen LogP contribution < -0.4 is 5.32 Å². The minimum absolute atomic E-state index is 0.0773. The first-order valence-electron chi connectivity index (χ1n) is 5.58. The number of hydrogen-bond acceptors (Lipinski definition) is 3. The van der Waals surface area contributed by atoms with E-state index in [-0.39, 0.29) is 6.04 Å². The molecule has 90 valence electrons. The smallest absolute Gasteiger partial charge is 0.140 e. The van der Waals surface area contributed by atoms with Gasteiger partial charge in [0.1, 0.15) is 11.8 Å². The third kappa shape index (κ3) is 2.79. The van der Waals surface area contributed by atoms with E-state index in [1.54, 1.807) is 12.3 Å². The number of nitrogens with one attached hydrogen (secondary N) is 1. The van der Waals surface area contributed by atoms with Gasteiger partial charge in [-0.05, 0) is 30.7 Å². The van der Waals surface area contributed by atoms with E-state index in [1.807, 2.05) is 43.3 Å². The Hall–Kier alpha value is -2.05. The molecule has 1 aromatic carbocycles. The number of hydrogen-bond donors (Lipinski definition) is 1. The average Bonchev–Trinajstić information content (AvgIpc) is 2.40. The SMILES string of the molecule is CC(Nc1ccc(C#N)nc1)c1ccccc1Cl. The number of nitriles is 1. The highest BCUT2D eigenvalue weighted by molar-refractivity contribution is 6.31. The second kappa shape index (κ2) is 5.52. The van der Waals surface area contributed by atoms with Crippen molar-refractivity contribution in [1.82, 2.24) is 4.98 Å². The van der Waals surface area contributed by atoms with Gasteiger partial charge in [0, 0.05) is 5.02 Å². The lowest BCUT2D eigenvalue weighted by atomic mass is 10.1. The van der Waals surface area contributed by atoms with Crippen molar-refractivity contribution in [2.24, 2.45) is 0 Å². The summed E-state index contributed by atoms with van der Waals surface area (Å²) < 4.78 is 0. The normalized spacial score (nSPS) is 11.6. The molecule has 0 aliphatic heterocycles. The summed E-state index contributed by atoms with van der Waals surface area (Å²) in [5, 5.41) is 12.7. The van der Waals surface area contributed by atoms with Gasteiger partial charge in [-0.25, -0.2) is 4.98 Å². The Labute approximate surface area is 111 Å². The van der Waals surface area contributed by atoms with Gasteiger partial charge >= 0.3 is 0 Å². The molecular formula is C14H12ClN3. The fraction of sp³-hybridized carbons (Fsp3) is 0.143. The Morgan fingerprint density at radius 2 is 2.06 bits per heavy atom. The number of aromatic nitrogens is 1. The maximum atomic E-state index is 8.67. The molecule has 0 bridgehead atoms. The zero-order valence-electron chi connectivity index (χ0n) is 9.89. The summed E-state index contributed by atoms with van der Waals surface area (Å²) in [4.78, 5) is 4.01. The summed E-state index contributed by atoms with van der Waals surface area (Å²) in [6, 6.07) is 13.3. The monoisotopic (exact) mass is 257 g/mol. The van der Waals surface area contributed by atoms with Crippen LogP contribution in [0.1, 0.15) is 24.2 Å². The van der Waals surface area contributed by atoms with Crippen molar-refractivity contribution in [3.63, 3.8) is 0 Å². The lowest BCUT2D eigenvalue weighted by molar-refractivity contribution is 0.883. The van der Waals surface area contributed by atoms with Crippen LogP contribution in [0.25, 0.3) is 0 Å². The standard InChI is InChI=1S/C14H12ClN3/c1-10(13-4-2-3-5-14(13)15)18-12-7-6-11(8-16)17-9-12/h2-7,9-10,18H,1H3. The van der Waals surface area contributed by atoms with Gasteiger partial charge in [-0.2, -0.15) is 5.26 Å². The van der Waals surface area contributed by atoms with Gasteiger partial charge in [0.2, 0.25) is 0 Å². The maximum absolute atomic E-state index is 8.67. The molecule has 1 N–H and O–H groups in total. The fourth-order valence-corrected chi connectivity index (χ4v) is 2.00. The zero-order valence-corrected chi connectivity index (χ0v) is 10.6. The molecule has 2 rings (SSSR count). The second-order valence-corrected chi connectivity index (χ2v) is 4.34. The largest absolute Gasteiger partial charge is 0.377 e. The van der Waals surface area contributed by atoms with E-state index in [1.165, 1.54) is 0 Å². The molecule has 1 atom stereocenters. The van der Waals surface area contributed by atoms with Gasteiger partial charge in [0.25, 0.3) is 0 Å². The first-order valence-corrected chi connectivity index (χ1v) is 5.95. The fourth-order valence-electron chi connectivity index (χ4n) is 1.70. The van der Waals surface area contributed by atoms with Crippen molar-refractivity contribution in [3.8, 4) is 6.07 Å². The molecule has 0 saturated heterocycles. The molecule has 0 spiro atoms. The molecule has 0 fully saturated rings. The molecule has 1 heterocycles. The van der Waals surface area contributed by atoms with Crippen LogP contribution in [0.2, 0.25) is 5.02 Å². The van der Waals surface area contributed by atoms with Crippen LogP contribution in [-0.2, 0) is 0 Å². The van der Waals surface area contributed by atoms with Crippen LogP contribution >= 0.6 is 11.6 Å². The van der Waals surface area contributed by atoms with Gasteiger partial charge in [0.05, 0.1) is 17.9 Å². The van der Waals surface area contributed by atoms with Gasteiger partial charge in [0.15, 0.2) is 0 Å². The summed E-state index contributed by atoms with van der Waals surface area (Å²) in [5.41, 5.74) is 2.30. The van der Waals surface area contributed by atoms with Gasteiger partial charge in [-0.3, -0.25) is 0 Å². The van der Waals surface area contributed by atoms with Crippen LogP contribution in [-0.4, -0.2) is 4.98 Å². The Bertz CT molecular complexity index is 572. The first kappa shape index (κ1) is 12.4. The van der Waals surface area contributed by atoms with Crippen molar-refractivity contribution in [3.05, 3.63) is 58.9 Å². The Morgan fingerprint density at radius 1 is 1.28 bits per heavy atom. The average molecular weight is 258 g/mol. The third-order valence-corrected chi connectivity index (χ3v) is 2.98. The summed E-state index contributed by atoms with van der Waals surface area (Å²) in [6.45, 7) is 2.03. The highest BCUT2D eigenvalue weighted by Crippen LogP contribution is 2.25. The van der Waals surface area contributed by atoms with Crippen LogP contribution in [0.3, 0.4) is 0 Å². The minimum Gasteiger partial charge on any atom is -0.377 e. The van der Waals surface area contributed by atoms with Gasteiger partial charge in [-0.15, -0.1) is 0 Å². The van der Waals surface area contributed by atoms with Crippen molar-refractivity contribution in [1.29, 1.82) is 5.26 Å². The maximum Gasteiger partial charge on any atom is 0.140 e. The van der Waals surface area contributed by atoms with E-state index in [2.05, 4.69) is 10.3 Å². The minimum atomic E-state index is 0.0773. The molecule has 4 heteroatoms. The molecule has 1 aromatic heterocycles. The predicted octanol–water partition coefficient (Wildman–Crippen LogP) is 3.78. The van der Waals surface area contributed by atoms with E-state index in [0.29, 0.717) is 5.69 Å². The zero-order chi connectivity index (χ0) is 13.0. The topological polar surface area (TPSA) is 48.7 Å². The predicted molar refractivity (Wildman–Crippen MR) is 72.4 cm³/mol. The lowest BCUT2D eigenvalue weighted by Gasteiger charge is -2.16. The van der Waals surface area contributed by atoms with Crippen LogP contribution in [0.4, 0.5) is 5.69 Å². The van der Waals surface area contributed by atoms with E-state index >= 15 is 0 Å². The van der Waals surface area contributed by atoms with Crippen molar-refractivity contribution in [2.45, 2.75) is 13.0 Å². The van der Waals surface area contributed by atoms with Crippen LogP contribution in [0.15, 0.2) is 42.6 Å². The second-order valence-electron chi connectivity index (χ2n) is 3.93. The Morgan fingerprint density at radius 3 is 2.67 bits per heavy atom. The van der Waals surface area contributed by atoms with Gasteiger partial charge in [-0.1, -0.05) is 29.8 Å². The lowest BCUT2D eigenvalue weighted by Crippen LogP contribution is -2.07. The molecule has 3 nitrogen and oxygen atoms in total. The Kier molecular flexibility index (Phi) is 3.81. The number of benzene rings is 1. The first-order chi connectivity index (χ1) is 8.70.